The summed E-state index contributed by atoms with van der Waals surface area (Å²) in [5.74, 6) is 0.122. The monoisotopic (exact) mass is 330 g/mol. The largest absolute Gasteiger partial charge is 0.505 e. The molecular weight excluding hydrogens is 311 g/mol. The quantitative estimate of drug-likeness (QED) is 0.643. The lowest BCUT2D eigenvalue weighted by atomic mass is 10.2. The molecule has 0 aliphatic carbocycles. The van der Waals surface area contributed by atoms with Gasteiger partial charge in [-0.2, -0.15) is 0 Å². The van der Waals surface area contributed by atoms with Gasteiger partial charge in [-0.05, 0) is 23.8 Å². The van der Waals surface area contributed by atoms with Gasteiger partial charge in [0, 0.05) is 38.6 Å². The first-order valence-electron chi connectivity index (χ1n) is 7.68. The van der Waals surface area contributed by atoms with E-state index in [1.54, 1.807) is 24.5 Å². The Labute approximate surface area is 139 Å². The minimum atomic E-state index is -0.655. The third kappa shape index (κ3) is 3.70. The summed E-state index contributed by atoms with van der Waals surface area (Å²) in [6.45, 7) is 3.22. The Morgan fingerprint density at radius 3 is 2.58 bits per heavy atom. The van der Waals surface area contributed by atoms with Crippen LogP contribution in [0.4, 0.5) is 10.3 Å². The SMILES string of the molecule is NC(=NCc1ccc(O)c(F)c1)N1CCN(c2ncccn2)CC1. The maximum absolute atomic E-state index is 13.3. The fraction of sp³-hybridized carbons (Fsp3) is 0.312. The van der Waals surface area contributed by atoms with Crippen LogP contribution < -0.4 is 10.6 Å². The van der Waals surface area contributed by atoms with Crippen molar-refractivity contribution in [2.45, 2.75) is 6.54 Å². The molecule has 3 N–H and O–H groups in total. The molecule has 1 aliphatic rings. The van der Waals surface area contributed by atoms with Gasteiger partial charge in [-0.3, -0.25) is 0 Å². The van der Waals surface area contributed by atoms with E-state index >= 15 is 0 Å². The summed E-state index contributed by atoms with van der Waals surface area (Å²) in [4.78, 5) is 16.9. The first-order valence-corrected chi connectivity index (χ1v) is 7.68. The molecule has 0 radical (unpaired) electrons. The molecule has 1 aromatic heterocycles. The summed E-state index contributed by atoms with van der Waals surface area (Å²) < 4.78 is 13.3. The molecule has 1 fully saturated rings. The second kappa shape index (κ2) is 7.12. The number of piperazine rings is 1. The van der Waals surface area contributed by atoms with Crippen molar-refractivity contribution < 1.29 is 9.50 Å². The van der Waals surface area contributed by atoms with Crippen molar-refractivity contribution >= 4 is 11.9 Å². The van der Waals surface area contributed by atoms with Crippen LogP contribution in [-0.2, 0) is 6.54 Å². The summed E-state index contributed by atoms with van der Waals surface area (Å²) in [5.41, 5.74) is 6.69. The molecule has 1 saturated heterocycles. The second-order valence-electron chi connectivity index (χ2n) is 5.48. The average Bonchev–Trinajstić information content (AvgIpc) is 2.63. The molecule has 8 heteroatoms. The number of aromatic nitrogens is 2. The summed E-state index contributed by atoms with van der Waals surface area (Å²) in [7, 11) is 0. The number of nitrogens with zero attached hydrogens (tertiary/aromatic N) is 5. The van der Waals surface area contributed by atoms with Gasteiger partial charge in [0.15, 0.2) is 17.5 Å². The number of guanidine groups is 1. The van der Waals surface area contributed by atoms with Crippen LogP contribution in [0.1, 0.15) is 5.56 Å². The number of aliphatic imine (C=N–C) groups is 1. The van der Waals surface area contributed by atoms with Crippen molar-refractivity contribution in [3.05, 3.63) is 48.0 Å². The number of halogens is 1. The Morgan fingerprint density at radius 1 is 1.21 bits per heavy atom. The molecule has 2 aromatic rings. The molecule has 0 saturated carbocycles. The average molecular weight is 330 g/mol. The maximum Gasteiger partial charge on any atom is 0.225 e. The molecule has 7 nitrogen and oxygen atoms in total. The van der Waals surface area contributed by atoms with Crippen molar-refractivity contribution in [1.29, 1.82) is 0 Å². The highest BCUT2D eigenvalue weighted by Gasteiger charge is 2.19. The number of aromatic hydroxyl groups is 1. The van der Waals surface area contributed by atoms with E-state index in [9.17, 15) is 9.50 Å². The van der Waals surface area contributed by atoms with Gasteiger partial charge in [-0.15, -0.1) is 0 Å². The topological polar surface area (TPSA) is 90.9 Å². The van der Waals surface area contributed by atoms with Gasteiger partial charge in [-0.25, -0.2) is 19.4 Å². The zero-order valence-electron chi connectivity index (χ0n) is 13.1. The molecule has 1 aliphatic heterocycles. The van der Waals surface area contributed by atoms with E-state index in [1.807, 2.05) is 4.90 Å². The lowest BCUT2D eigenvalue weighted by Crippen LogP contribution is -2.51. The molecule has 1 aromatic carbocycles. The van der Waals surface area contributed by atoms with Crippen molar-refractivity contribution in [2.75, 3.05) is 31.1 Å². The Balaban J connectivity index is 1.56. The van der Waals surface area contributed by atoms with Gasteiger partial charge < -0.3 is 20.6 Å². The van der Waals surface area contributed by atoms with E-state index in [0.717, 1.165) is 26.2 Å². The van der Waals surface area contributed by atoms with E-state index in [4.69, 9.17) is 5.73 Å². The van der Waals surface area contributed by atoms with Crippen LogP contribution in [0, 0.1) is 5.82 Å². The minimum Gasteiger partial charge on any atom is -0.505 e. The number of phenols is 1. The number of phenolic OH excluding ortho intramolecular Hbond substituents is 1. The zero-order valence-corrected chi connectivity index (χ0v) is 13.1. The molecule has 0 unspecified atom stereocenters. The number of rotatable bonds is 3. The molecule has 0 spiro atoms. The fourth-order valence-corrected chi connectivity index (χ4v) is 2.51. The predicted octanol–water partition coefficient (Wildman–Crippen LogP) is 0.958. The third-order valence-electron chi connectivity index (χ3n) is 3.87. The van der Waals surface area contributed by atoms with Gasteiger partial charge in [0.05, 0.1) is 6.54 Å². The first kappa shape index (κ1) is 16.0. The predicted molar refractivity (Wildman–Crippen MR) is 89.2 cm³/mol. The number of hydrogen-bond donors (Lipinski definition) is 2. The summed E-state index contributed by atoms with van der Waals surface area (Å²) >= 11 is 0. The highest BCUT2D eigenvalue weighted by Crippen LogP contribution is 2.16. The zero-order chi connectivity index (χ0) is 16.9. The molecular formula is C16H19FN6O. The smallest absolute Gasteiger partial charge is 0.225 e. The molecule has 0 atom stereocenters. The van der Waals surface area contributed by atoms with Crippen molar-refractivity contribution in [2.24, 2.45) is 10.7 Å². The van der Waals surface area contributed by atoms with Crippen LogP contribution in [0.15, 0.2) is 41.7 Å². The van der Waals surface area contributed by atoms with Crippen molar-refractivity contribution in [3.8, 4) is 5.75 Å². The highest BCUT2D eigenvalue weighted by atomic mass is 19.1. The van der Waals surface area contributed by atoms with E-state index in [2.05, 4.69) is 19.9 Å². The number of benzene rings is 1. The van der Waals surface area contributed by atoms with Gasteiger partial charge >= 0.3 is 0 Å². The Hall–Kier alpha value is -2.90. The van der Waals surface area contributed by atoms with E-state index < -0.39 is 5.82 Å². The third-order valence-corrected chi connectivity index (χ3v) is 3.87. The molecule has 0 amide bonds. The van der Waals surface area contributed by atoms with E-state index in [1.165, 1.54) is 12.1 Å². The molecule has 3 rings (SSSR count). The Bertz CT molecular complexity index is 716. The van der Waals surface area contributed by atoms with Crippen LogP contribution in [0.5, 0.6) is 5.75 Å². The van der Waals surface area contributed by atoms with Crippen LogP contribution in [0.3, 0.4) is 0 Å². The summed E-state index contributed by atoms with van der Waals surface area (Å²) in [6, 6.07) is 5.99. The lowest BCUT2D eigenvalue weighted by molar-refractivity contribution is 0.378. The van der Waals surface area contributed by atoms with Gasteiger partial charge in [0.25, 0.3) is 0 Å². The van der Waals surface area contributed by atoms with Crippen LogP contribution in [-0.4, -0.2) is 52.1 Å². The highest BCUT2D eigenvalue weighted by molar-refractivity contribution is 5.78. The van der Waals surface area contributed by atoms with Crippen LogP contribution in [0.25, 0.3) is 0 Å². The number of hydrogen-bond acceptors (Lipinski definition) is 5. The number of anilines is 1. The van der Waals surface area contributed by atoms with Gasteiger partial charge in [0.1, 0.15) is 0 Å². The van der Waals surface area contributed by atoms with E-state index in [-0.39, 0.29) is 12.3 Å². The van der Waals surface area contributed by atoms with Crippen LogP contribution in [0.2, 0.25) is 0 Å². The standard InChI is InChI=1S/C16H19FN6O/c17-13-10-12(2-3-14(13)24)11-21-15(18)22-6-8-23(9-7-22)16-19-4-1-5-20-16/h1-5,10,24H,6-9,11H2,(H2,18,21). The van der Waals surface area contributed by atoms with Crippen molar-refractivity contribution in [3.63, 3.8) is 0 Å². The van der Waals surface area contributed by atoms with Gasteiger partial charge in [-0.1, -0.05) is 6.07 Å². The molecule has 126 valence electrons. The van der Waals surface area contributed by atoms with Gasteiger partial charge in [0.2, 0.25) is 5.95 Å². The molecule has 0 bridgehead atoms. The number of nitrogens with two attached hydrogens (primary N) is 1. The maximum atomic E-state index is 13.3. The molecule has 2 heterocycles. The Kier molecular flexibility index (Phi) is 4.74. The van der Waals surface area contributed by atoms with E-state index in [0.29, 0.717) is 17.5 Å². The fourth-order valence-electron chi connectivity index (χ4n) is 2.51. The van der Waals surface area contributed by atoms with Crippen molar-refractivity contribution in [1.82, 2.24) is 14.9 Å². The summed E-state index contributed by atoms with van der Waals surface area (Å²) in [5, 5.41) is 9.19. The second-order valence-corrected chi connectivity index (χ2v) is 5.48. The van der Waals surface area contributed by atoms with Crippen LogP contribution >= 0.6 is 0 Å². The Morgan fingerprint density at radius 2 is 1.92 bits per heavy atom. The minimum absolute atomic E-state index is 0.269. The normalized spacial score (nSPS) is 15.6. The lowest BCUT2D eigenvalue weighted by Gasteiger charge is -2.35. The summed E-state index contributed by atoms with van der Waals surface area (Å²) in [6.07, 6.45) is 3.45. The first-order chi connectivity index (χ1) is 11.6. The molecule has 24 heavy (non-hydrogen) atoms.